The summed E-state index contributed by atoms with van der Waals surface area (Å²) in [6.07, 6.45) is -2.29. The van der Waals surface area contributed by atoms with Gasteiger partial charge in [0.1, 0.15) is 0 Å². The Morgan fingerprint density at radius 1 is 1.25 bits per heavy atom. The lowest BCUT2D eigenvalue weighted by Gasteiger charge is -2.45. The molecular formula is C16H24F2N2. The minimum absolute atomic E-state index is 0.0313. The number of hydrogen-bond acceptors (Lipinski definition) is 2. The zero-order chi connectivity index (χ0) is 14.8. The third-order valence-electron chi connectivity index (χ3n) is 4.02. The molecule has 0 bridgehead atoms. The highest BCUT2D eigenvalue weighted by Crippen LogP contribution is 2.29. The molecule has 4 heteroatoms. The van der Waals surface area contributed by atoms with Crippen LogP contribution in [0.4, 0.5) is 8.78 Å². The van der Waals surface area contributed by atoms with Crippen molar-refractivity contribution >= 4 is 0 Å². The first kappa shape index (κ1) is 15.4. The van der Waals surface area contributed by atoms with E-state index in [9.17, 15) is 8.78 Å². The van der Waals surface area contributed by atoms with Crippen LogP contribution < -0.4 is 5.32 Å². The largest absolute Gasteiger partial charge is 0.310 e. The molecule has 20 heavy (non-hydrogen) atoms. The van der Waals surface area contributed by atoms with Crippen molar-refractivity contribution in [1.82, 2.24) is 10.2 Å². The number of rotatable bonds is 3. The SMILES string of the molecule is CC(C)(C)C1CN(CC(F)F)C(c2ccccc2)CN1. The van der Waals surface area contributed by atoms with Gasteiger partial charge in [0.15, 0.2) is 0 Å². The van der Waals surface area contributed by atoms with Gasteiger partial charge >= 0.3 is 0 Å². The van der Waals surface area contributed by atoms with Crippen LogP contribution in [-0.2, 0) is 0 Å². The first-order valence-corrected chi connectivity index (χ1v) is 7.18. The molecule has 1 aliphatic heterocycles. The first-order chi connectivity index (χ1) is 9.38. The quantitative estimate of drug-likeness (QED) is 0.915. The molecule has 1 fully saturated rings. The molecule has 0 aliphatic carbocycles. The second-order valence-electron chi connectivity index (χ2n) is 6.60. The number of piperazine rings is 1. The number of nitrogens with one attached hydrogen (secondary N) is 1. The van der Waals surface area contributed by atoms with Crippen molar-refractivity contribution in [3.63, 3.8) is 0 Å². The zero-order valence-electron chi connectivity index (χ0n) is 12.4. The smallest absolute Gasteiger partial charge is 0.251 e. The summed E-state index contributed by atoms with van der Waals surface area (Å²) in [7, 11) is 0. The van der Waals surface area contributed by atoms with Crippen LogP contribution in [0, 0.1) is 5.41 Å². The van der Waals surface area contributed by atoms with Gasteiger partial charge in [0, 0.05) is 25.2 Å². The fourth-order valence-electron chi connectivity index (χ4n) is 2.77. The minimum Gasteiger partial charge on any atom is -0.310 e. The van der Waals surface area contributed by atoms with Gasteiger partial charge in [0.2, 0.25) is 0 Å². The molecule has 1 saturated heterocycles. The molecule has 1 N–H and O–H groups in total. The molecule has 112 valence electrons. The maximum Gasteiger partial charge on any atom is 0.251 e. The molecule has 0 amide bonds. The Morgan fingerprint density at radius 3 is 2.45 bits per heavy atom. The Labute approximate surface area is 120 Å². The van der Waals surface area contributed by atoms with E-state index >= 15 is 0 Å². The second kappa shape index (κ2) is 6.19. The summed E-state index contributed by atoms with van der Waals surface area (Å²) in [5.41, 5.74) is 1.18. The molecule has 2 nitrogen and oxygen atoms in total. The van der Waals surface area contributed by atoms with Crippen LogP contribution in [0.3, 0.4) is 0 Å². The Balaban J connectivity index is 2.16. The lowest BCUT2D eigenvalue weighted by atomic mass is 9.84. The Bertz CT molecular complexity index is 414. The van der Waals surface area contributed by atoms with E-state index in [1.54, 1.807) is 0 Å². The standard InChI is InChI=1S/C16H24F2N2/c1-16(2,3)14-10-20(11-15(17)18)13(9-19-14)12-7-5-4-6-8-12/h4-8,13-15,19H,9-11H2,1-3H3. The fourth-order valence-corrected chi connectivity index (χ4v) is 2.77. The van der Waals surface area contributed by atoms with Gasteiger partial charge in [-0.2, -0.15) is 0 Å². The predicted molar refractivity (Wildman–Crippen MR) is 78.0 cm³/mol. The maximum absolute atomic E-state index is 12.9. The summed E-state index contributed by atoms with van der Waals surface area (Å²) in [6.45, 7) is 7.66. The van der Waals surface area contributed by atoms with Crippen LogP contribution in [0.5, 0.6) is 0 Å². The van der Waals surface area contributed by atoms with Gasteiger partial charge in [-0.15, -0.1) is 0 Å². The van der Waals surface area contributed by atoms with Crippen molar-refractivity contribution < 1.29 is 8.78 Å². The predicted octanol–water partition coefficient (Wildman–Crippen LogP) is 3.31. The lowest BCUT2D eigenvalue weighted by molar-refractivity contribution is 0.0254. The summed E-state index contributed by atoms with van der Waals surface area (Å²) in [4.78, 5) is 1.92. The summed E-state index contributed by atoms with van der Waals surface area (Å²) >= 11 is 0. The van der Waals surface area contributed by atoms with E-state index in [1.807, 2.05) is 35.2 Å². The lowest BCUT2D eigenvalue weighted by Crippen LogP contribution is -2.57. The topological polar surface area (TPSA) is 15.3 Å². The summed E-state index contributed by atoms with van der Waals surface area (Å²) in [6, 6.07) is 10.2. The maximum atomic E-state index is 12.9. The van der Waals surface area contributed by atoms with Crippen molar-refractivity contribution in [3.8, 4) is 0 Å². The molecule has 0 aromatic heterocycles. The third-order valence-corrected chi connectivity index (χ3v) is 4.02. The van der Waals surface area contributed by atoms with Crippen LogP contribution >= 0.6 is 0 Å². The normalized spacial score (nSPS) is 25.1. The highest BCUT2D eigenvalue weighted by atomic mass is 19.3. The van der Waals surface area contributed by atoms with Gasteiger partial charge in [-0.05, 0) is 11.0 Å². The summed E-state index contributed by atoms with van der Waals surface area (Å²) < 4.78 is 25.7. The van der Waals surface area contributed by atoms with Crippen LogP contribution in [-0.4, -0.2) is 37.0 Å². The van der Waals surface area contributed by atoms with Gasteiger partial charge in [-0.1, -0.05) is 51.1 Å². The van der Waals surface area contributed by atoms with E-state index in [4.69, 9.17) is 0 Å². The average Bonchev–Trinajstić information content (AvgIpc) is 2.38. The number of halogens is 2. The van der Waals surface area contributed by atoms with Crippen LogP contribution in [0.2, 0.25) is 0 Å². The second-order valence-corrected chi connectivity index (χ2v) is 6.60. The van der Waals surface area contributed by atoms with E-state index in [0.29, 0.717) is 6.54 Å². The van der Waals surface area contributed by atoms with Crippen molar-refractivity contribution in [2.45, 2.75) is 39.3 Å². The van der Waals surface area contributed by atoms with E-state index in [-0.39, 0.29) is 24.0 Å². The van der Waals surface area contributed by atoms with Crippen molar-refractivity contribution in [2.75, 3.05) is 19.6 Å². The summed E-state index contributed by atoms with van der Waals surface area (Å²) in [5, 5.41) is 3.52. The number of hydrogen-bond donors (Lipinski definition) is 1. The molecule has 1 aromatic carbocycles. The number of benzene rings is 1. The van der Waals surface area contributed by atoms with Crippen LogP contribution in [0.1, 0.15) is 32.4 Å². The molecule has 0 radical (unpaired) electrons. The molecule has 0 saturated carbocycles. The van der Waals surface area contributed by atoms with Crippen molar-refractivity contribution in [3.05, 3.63) is 35.9 Å². The average molecular weight is 282 g/mol. The van der Waals surface area contributed by atoms with Gasteiger partial charge in [0.05, 0.1) is 6.54 Å². The van der Waals surface area contributed by atoms with Crippen molar-refractivity contribution in [1.29, 1.82) is 0 Å². The van der Waals surface area contributed by atoms with Gasteiger partial charge < -0.3 is 5.32 Å². The van der Waals surface area contributed by atoms with E-state index in [0.717, 1.165) is 12.1 Å². The molecular weight excluding hydrogens is 258 g/mol. The first-order valence-electron chi connectivity index (χ1n) is 7.18. The zero-order valence-corrected chi connectivity index (χ0v) is 12.4. The number of nitrogens with zero attached hydrogens (tertiary/aromatic N) is 1. The molecule has 2 unspecified atom stereocenters. The molecule has 0 spiro atoms. The summed E-state index contributed by atoms with van der Waals surface area (Å²) in [5.74, 6) is 0. The molecule has 1 heterocycles. The van der Waals surface area contributed by atoms with E-state index < -0.39 is 6.43 Å². The van der Waals surface area contributed by atoms with Gasteiger partial charge in [-0.25, -0.2) is 8.78 Å². The molecule has 1 aromatic rings. The third kappa shape index (κ3) is 3.76. The van der Waals surface area contributed by atoms with Crippen molar-refractivity contribution in [2.24, 2.45) is 5.41 Å². The monoisotopic (exact) mass is 282 g/mol. The fraction of sp³-hybridized carbons (Fsp3) is 0.625. The highest BCUT2D eigenvalue weighted by Gasteiger charge is 2.35. The Kier molecular flexibility index (Phi) is 4.76. The minimum atomic E-state index is -2.29. The Morgan fingerprint density at radius 2 is 1.90 bits per heavy atom. The van der Waals surface area contributed by atoms with Gasteiger partial charge in [0.25, 0.3) is 6.43 Å². The van der Waals surface area contributed by atoms with Crippen LogP contribution in [0.25, 0.3) is 0 Å². The Hall–Kier alpha value is -1.00. The van der Waals surface area contributed by atoms with E-state index in [2.05, 4.69) is 26.1 Å². The van der Waals surface area contributed by atoms with Crippen LogP contribution in [0.15, 0.2) is 30.3 Å². The molecule has 1 aliphatic rings. The van der Waals surface area contributed by atoms with E-state index in [1.165, 1.54) is 0 Å². The molecule has 2 rings (SSSR count). The molecule has 2 atom stereocenters. The number of alkyl halides is 2. The van der Waals surface area contributed by atoms with Gasteiger partial charge in [-0.3, -0.25) is 4.90 Å². The highest BCUT2D eigenvalue weighted by molar-refractivity contribution is 5.20.